The van der Waals surface area contributed by atoms with Gasteiger partial charge in [0.2, 0.25) is 0 Å². The second kappa shape index (κ2) is 6.73. The third kappa shape index (κ3) is 3.17. The van der Waals surface area contributed by atoms with E-state index in [1.807, 2.05) is 18.2 Å². The van der Waals surface area contributed by atoms with Crippen molar-refractivity contribution in [1.82, 2.24) is 4.90 Å². The van der Waals surface area contributed by atoms with Crippen molar-refractivity contribution in [2.45, 2.75) is 25.4 Å². The van der Waals surface area contributed by atoms with Gasteiger partial charge in [-0.15, -0.1) is 0 Å². The Balaban J connectivity index is 1.69. The van der Waals surface area contributed by atoms with E-state index in [9.17, 15) is 4.79 Å². The number of hydrogen-bond donors (Lipinski definition) is 0. The molecule has 25 heavy (non-hydrogen) atoms. The van der Waals surface area contributed by atoms with Crippen molar-refractivity contribution in [3.8, 4) is 5.75 Å². The van der Waals surface area contributed by atoms with Gasteiger partial charge < -0.3 is 9.15 Å². The van der Waals surface area contributed by atoms with Crippen LogP contribution in [0.5, 0.6) is 5.75 Å². The van der Waals surface area contributed by atoms with E-state index in [0.717, 1.165) is 30.5 Å². The van der Waals surface area contributed by atoms with Gasteiger partial charge in [0.25, 0.3) is 0 Å². The fourth-order valence-electron chi connectivity index (χ4n) is 3.75. The van der Waals surface area contributed by atoms with Crippen LogP contribution >= 0.6 is 0 Å². The van der Waals surface area contributed by atoms with Crippen LogP contribution < -0.4 is 10.4 Å². The Kier molecular flexibility index (Phi) is 4.28. The highest BCUT2D eigenvalue weighted by Gasteiger charge is 2.26. The second-order valence-corrected chi connectivity index (χ2v) is 6.49. The maximum Gasteiger partial charge on any atom is 0.336 e. The zero-order chi connectivity index (χ0) is 17.2. The molecule has 0 N–H and O–H groups in total. The monoisotopic (exact) mass is 335 g/mol. The van der Waals surface area contributed by atoms with Gasteiger partial charge in [-0.2, -0.15) is 0 Å². The molecule has 0 unspecified atom stereocenters. The van der Waals surface area contributed by atoms with Crippen molar-refractivity contribution in [3.63, 3.8) is 0 Å². The number of hydrogen-bond acceptors (Lipinski definition) is 4. The molecule has 1 aliphatic rings. The molecular weight excluding hydrogens is 314 g/mol. The van der Waals surface area contributed by atoms with E-state index in [0.29, 0.717) is 17.4 Å². The van der Waals surface area contributed by atoms with Crippen LogP contribution in [0.2, 0.25) is 0 Å². The molecule has 128 valence electrons. The van der Waals surface area contributed by atoms with Crippen molar-refractivity contribution in [2.75, 3.05) is 13.7 Å². The molecule has 0 radical (unpaired) electrons. The van der Waals surface area contributed by atoms with Crippen LogP contribution in [0.3, 0.4) is 0 Å². The van der Waals surface area contributed by atoms with E-state index in [4.69, 9.17) is 9.15 Å². The summed E-state index contributed by atoms with van der Waals surface area (Å²) < 4.78 is 10.6. The number of likely N-dealkylation sites (tertiary alicyclic amines) is 1. The van der Waals surface area contributed by atoms with Gasteiger partial charge in [0.05, 0.1) is 7.11 Å². The summed E-state index contributed by atoms with van der Waals surface area (Å²) in [5.74, 6) is 0.691. The molecule has 4 heteroatoms. The van der Waals surface area contributed by atoms with Crippen LogP contribution in [-0.4, -0.2) is 18.6 Å². The maximum absolute atomic E-state index is 12.0. The predicted molar refractivity (Wildman–Crippen MR) is 97.9 cm³/mol. The molecule has 1 aliphatic heterocycles. The van der Waals surface area contributed by atoms with Gasteiger partial charge in [-0.25, -0.2) is 4.79 Å². The molecule has 0 saturated carbocycles. The van der Waals surface area contributed by atoms with Gasteiger partial charge in [-0.3, -0.25) is 4.90 Å². The minimum absolute atomic E-state index is 0.314. The molecule has 1 fully saturated rings. The van der Waals surface area contributed by atoms with E-state index in [2.05, 4.69) is 29.2 Å². The number of methoxy groups -OCH3 is 1. The molecule has 1 aromatic heterocycles. The van der Waals surface area contributed by atoms with E-state index in [-0.39, 0.29) is 5.63 Å². The van der Waals surface area contributed by atoms with E-state index in [1.54, 1.807) is 19.2 Å². The first kappa shape index (κ1) is 15.9. The summed E-state index contributed by atoms with van der Waals surface area (Å²) in [5.41, 5.74) is 2.62. The Morgan fingerprint density at radius 1 is 1.16 bits per heavy atom. The van der Waals surface area contributed by atoms with Crippen molar-refractivity contribution in [3.05, 3.63) is 76.1 Å². The molecule has 0 spiro atoms. The lowest BCUT2D eigenvalue weighted by Crippen LogP contribution is -2.23. The van der Waals surface area contributed by atoms with Crippen LogP contribution in [0.15, 0.2) is 63.8 Å². The standard InChI is InChI=1S/C21H21NO3/c1-24-17-9-10-18-16(12-21(23)25-20(18)13-17)14-22-11-5-8-19(22)15-6-3-2-4-7-15/h2-4,6-7,9-10,12-13,19H,5,8,11,14H2,1H3/t19-/m1/s1. The number of fused-ring (bicyclic) bond motifs is 1. The molecular formula is C21H21NO3. The summed E-state index contributed by atoms with van der Waals surface area (Å²) in [5, 5.41) is 0.971. The smallest absolute Gasteiger partial charge is 0.336 e. The van der Waals surface area contributed by atoms with Crippen LogP contribution in [-0.2, 0) is 6.54 Å². The molecule has 1 atom stereocenters. The fourth-order valence-corrected chi connectivity index (χ4v) is 3.75. The van der Waals surface area contributed by atoms with Crippen LogP contribution in [0.25, 0.3) is 11.0 Å². The molecule has 0 amide bonds. The summed E-state index contributed by atoms with van der Waals surface area (Å²) in [4.78, 5) is 14.5. The average Bonchev–Trinajstić information content (AvgIpc) is 3.10. The summed E-state index contributed by atoms with van der Waals surface area (Å²) in [7, 11) is 1.61. The number of benzene rings is 2. The number of rotatable bonds is 4. The molecule has 4 rings (SSSR count). The van der Waals surface area contributed by atoms with Gasteiger partial charge in [-0.1, -0.05) is 30.3 Å². The van der Waals surface area contributed by atoms with E-state index < -0.39 is 0 Å². The minimum Gasteiger partial charge on any atom is -0.497 e. The topological polar surface area (TPSA) is 42.7 Å². The highest BCUT2D eigenvalue weighted by atomic mass is 16.5. The normalized spacial score (nSPS) is 17.9. The van der Waals surface area contributed by atoms with Crippen molar-refractivity contribution < 1.29 is 9.15 Å². The Hall–Kier alpha value is -2.59. The fraction of sp³-hybridized carbons (Fsp3) is 0.286. The molecule has 4 nitrogen and oxygen atoms in total. The van der Waals surface area contributed by atoms with Crippen molar-refractivity contribution in [2.24, 2.45) is 0 Å². The Morgan fingerprint density at radius 3 is 2.80 bits per heavy atom. The highest BCUT2D eigenvalue weighted by Crippen LogP contribution is 2.34. The summed E-state index contributed by atoms with van der Waals surface area (Å²) in [6.07, 6.45) is 2.32. The van der Waals surface area contributed by atoms with Gasteiger partial charge in [0.1, 0.15) is 11.3 Å². The summed E-state index contributed by atoms with van der Waals surface area (Å²) in [6.45, 7) is 1.78. The third-order valence-electron chi connectivity index (χ3n) is 4.96. The maximum atomic E-state index is 12.0. The SMILES string of the molecule is COc1ccc2c(CN3CCC[C@@H]3c3ccccc3)cc(=O)oc2c1. The van der Waals surface area contributed by atoms with Crippen LogP contribution in [0, 0.1) is 0 Å². The number of ether oxygens (including phenoxy) is 1. The predicted octanol–water partition coefficient (Wildman–Crippen LogP) is 4.14. The Labute approximate surface area is 146 Å². The van der Waals surface area contributed by atoms with Gasteiger partial charge in [0, 0.05) is 30.1 Å². The molecule has 0 bridgehead atoms. The molecule has 2 heterocycles. The molecule has 1 saturated heterocycles. The first-order valence-electron chi connectivity index (χ1n) is 8.64. The van der Waals surface area contributed by atoms with Crippen molar-refractivity contribution >= 4 is 11.0 Å². The lowest BCUT2D eigenvalue weighted by Gasteiger charge is -2.25. The highest BCUT2D eigenvalue weighted by molar-refractivity contribution is 5.81. The van der Waals surface area contributed by atoms with Gasteiger partial charge in [-0.05, 0) is 42.6 Å². The zero-order valence-electron chi connectivity index (χ0n) is 14.3. The molecule has 0 aliphatic carbocycles. The van der Waals surface area contributed by atoms with Crippen molar-refractivity contribution in [1.29, 1.82) is 0 Å². The first-order valence-corrected chi connectivity index (χ1v) is 8.64. The largest absolute Gasteiger partial charge is 0.497 e. The molecule has 3 aromatic rings. The lowest BCUT2D eigenvalue weighted by molar-refractivity contribution is 0.249. The van der Waals surface area contributed by atoms with Gasteiger partial charge in [0.15, 0.2) is 0 Å². The average molecular weight is 335 g/mol. The third-order valence-corrected chi connectivity index (χ3v) is 4.96. The minimum atomic E-state index is -0.314. The van der Waals surface area contributed by atoms with Crippen LogP contribution in [0.4, 0.5) is 0 Å². The van der Waals surface area contributed by atoms with Gasteiger partial charge >= 0.3 is 5.63 Å². The Bertz CT molecular complexity index is 933. The van der Waals surface area contributed by atoms with E-state index >= 15 is 0 Å². The lowest BCUT2D eigenvalue weighted by atomic mass is 10.0. The second-order valence-electron chi connectivity index (χ2n) is 6.49. The van der Waals surface area contributed by atoms with Crippen LogP contribution in [0.1, 0.15) is 30.0 Å². The first-order chi connectivity index (χ1) is 12.2. The number of nitrogens with zero attached hydrogens (tertiary/aromatic N) is 1. The van der Waals surface area contributed by atoms with E-state index in [1.165, 1.54) is 12.0 Å². The summed E-state index contributed by atoms with van der Waals surface area (Å²) in [6, 6.07) is 18.3. The Morgan fingerprint density at radius 2 is 2.00 bits per heavy atom. The quantitative estimate of drug-likeness (QED) is 0.672. The molecule has 2 aromatic carbocycles. The summed E-state index contributed by atoms with van der Waals surface area (Å²) >= 11 is 0. The zero-order valence-corrected chi connectivity index (χ0v) is 14.3.